The maximum absolute atomic E-state index is 6.31. The SMILES string of the molecule is COc1ccc([C@H](N)CCC(C)C)cc1OCc1ccccc1. The van der Waals surface area contributed by atoms with Gasteiger partial charge in [0.15, 0.2) is 11.5 Å². The van der Waals surface area contributed by atoms with Crippen molar-refractivity contribution in [1.29, 1.82) is 0 Å². The predicted molar refractivity (Wildman–Crippen MR) is 94.8 cm³/mol. The van der Waals surface area contributed by atoms with Crippen LogP contribution >= 0.6 is 0 Å². The van der Waals surface area contributed by atoms with E-state index in [1.165, 1.54) is 0 Å². The molecular weight excluding hydrogens is 286 g/mol. The molecule has 2 rings (SSSR count). The molecular formula is C20H27NO2. The third-order valence-electron chi connectivity index (χ3n) is 3.91. The monoisotopic (exact) mass is 313 g/mol. The topological polar surface area (TPSA) is 44.5 Å². The summed E-state index contributed by atoms with van der Waals surface area (Å²) >= 11 is 0. The molecule has 0 unspecified atom stereocenters. The number of nitrogens with two attached hydrogens (primary N) is 1. The van der Waals surface area contributed by atoms with Crippen LogP contribution in [-0.2, 0) is 6.61 Å². The molecule has 2 aromatic rings. The van der Waals surface area contributed by atoms with E-state index in [2.05, 4.69) is 13.8 Å². The fourth-order valence-corrected chi connectivity index (χ4v) is 2.45. The van der Waals surface area contributed by atoms with Crippen LogP contribution in [0.2, 0.25) is 0 Å². The first kappa shape index (κ1) is 17.4. The van der Waals surface area contributed by atoms with Crippen molar-refractivity contribution < 1.29 is 9.47 Å². The minimum Gasteiger partial charge on any atom is -0.493 e. The van der Waals surface area contributed by atoms with Crippen LogP contribution in [0, 0.1) is 5.92 Å². The van der Waals surface area contributed by atoms with E-state index in [4.69, 9.17) is 15.2 Å². The zero-order valence-electron chi connectivity index (χ0n) is 14.3. The van der Waals surface area contributed by atoms with Crippen LogP contribution in [0.5, 0.6) is 11.5 Å². The van der Waals surface area contributed by atoms with Gasteiger partial charge in [0.05, 0.1) is 7.11 Å². The van der Waals surface area contributed by atoms with Gasteiger partial charge in [-0.25, -0.2) is 0 Å². The summed E-state index contributed by atoms with van der Waals surface area (Å²) in [6.45, 7) is 4.95. The van der Waals surface area contributed by atoms with Crippen LogP contribution in [0.15, 0.2) is 48.5 Å². The first-order valence-corrected chi connectivity index (χ1v) is 8.20. The van der Waals surface area contributed by atoms with Gasteiger partial charge in [-0.2, -0.15) is 0 Å². The van der Waals surface area contributed by atoms with Crippen molar-refractivity contribution in [2.75, 3.05) is 7.11 Å². The van der Waals surface area contributed by atoms with Gasteiger partial charge >= 0.3 is 0 Å². The summed E-state index contributed by atoms with van der Waals surface area (Å²) in [5.41, 5.74) is 8.54. The van der Waals surface area contributed by atoms with Crippen molar-refractivity contribution in [3.63, 3.8) is 0 Å². The summed E-state index contributed by atoms with van der Waals surface area (Å²) in [6.07, 6.45) is 2.09. The highest BCUT2D eigenvalue weighted by Gasteiger charge is 2.12. The molecule has 0 fully saturated rings. The third-order valence-corrected chi connectivity index (χ3v) is 3.91. The average molecular weight is 313 g/mol. The number of hydrogen-bond donors (Lipinski definition) is 1. The van der Waals surface area contributed by atoms with E-state index in [0.29, 0.717) is 12.5 Å². The lowest BCUT2D eigenvalue weighted by molar-refractivity contribution is 0.284. The van der Waals surface area contributed by atoms with Crippen LogP contribution in [-0.4, -0.2) is 7.11 Å². The number of methoxy groups -OCH3 is 1. The van der Waals surface area contributed by atoms with Gasteiger partial charge in [0, 0.05) is 6.04 Å². The van der Waals surface area contributed by atoms with Gasteiger partial charge < -0.3 is 15.2 Å². The molecule has 0 saturated heterocycles. The molecule has 0 radical (unpaired) electrons. The van der Waals surface area contributed by atoms with Crippen molar-refractivity contribution in [2.45, 2.75) is 39.3 Å². The Morgan fingerprint density at radius 2 is 1.70 bits per heavy atom. The average Bonchev–Trinajstić information content (AvgIpc) is 2.58. The second-order valence-corrected chi connectivity index (χ2v) is 6.26. The van der Waals surface area contributed by atoms with Crippen LogP contribution < -0.4 is 15.2 Å². The van der Waals surface area contributed by atoms with E-state index in [-0.39, 0.29) is 6.04 Å². The smallest absolute Gasteiger partial charge is 0.161 e. The summed E-state index contributed by atoms with van der Waals surface area (Å²) in [7, 11) is 1.66. The van der Waals surface area contributed by atoms with Gasteiger partial charge in [-0.1, -0.05) is 50.2 Å². The van der Waals surface area contributed by atoms with Gasteiger partial charge in [0.2, 0.25) is 0 Å². The van der Waals surface area contributed by atoms with Gasteiger partial charge in [-0.3, -0.25) is 0 Å². The predicted octanol–water partition coefficient (Wildman–Crippen LogP) is 4.71. The summed E-state index contributed by atoms with van der Waals surface area (Å²) in [5, 5.41) is 0. The highest BCUT2D eigenvalue weighted by Crippen LogP contribution is 2.31. The summed E-state index contributed by atoms with van der Waals surface area (Å²) in [6, 6.07) is 16.1. The van der Waals surface area contributed by atoms with Gasteiger partial charge in [-0.05, 0) is 42.0 Å². The molecule has 0 bridgehead atoms. The Labute approximate surface area is 139 Å². The Morgan fingerprint density at radius 1 is 0.957 bits per heavy atom. The summed E-state index contributed by atoms with van der Waals surface area (Å²) < 4.78 is 11.4. The number of benzene rings is 2. The Bertz CT molecular complexity index is 596. The molecule has 0 amide bonds. The molecule has 2 aromatic carbocycles. The molecule has 1 atom stereocenters. The van der Waals surface area contributed by atoms with Crippen molar-refractivity contribution in [3.05, 3.63) is 59.7 Å². The zero-order chi connectivity index (χ0) is 16.7. The molecule has 124 valence electrons. The Morgan fingerprint density at radius 3 is 2.35 bits per heavy atom. The fraction of sp³-hybridized carbons (Fsp3) is 0.400. The molecule has 0 saturated carbocycles. The van der Waals surface area contributed by atoms with E-state index < -0.39 is 0 Å². The summed E-state index contributed by atoms with van der Waals surface area (Å²) in [5.74, 6) is 2.14. The van der Waals surface area contributed by atoms with Crippen LogP contribution in [0.3, 0.4) is 0 Å². The van der Waals surface area contributed by atoms with E-state index in [0.717, 1.165) is 35.5 Å². The van der Waals surface area contributed by atoms with E-state index in [9.17, 15) is 0 Å². The maximum Gasteiger partial charge on any atom is 0.161 e. The number of ether oxygens (including phenoxy) is 2. The van der Waals surface area contributed by atoms with Crippen LogP contribution in [0.1, 0.15) is 43.9 Å². The van der Waals surface area contributed by atoms with E-state index in [1.54, 1.807) is 7.11 Å². The van der Waals surface area contributed by atoms with Crippen molar-refractivity contribution in [3.8, 4) is 11.5 Å². The Balaban J connectivity index is 2.08. The van der Waals surface area contributed by atoms with Gasteiger partial charge in [-0.15, -0.1) is 0 Å². The largest absolute Gasteiger partial charge is 0.493 e. The summed E-state index contributed by atoms with van der Waals surface area (Å²) in [4.78, 5) is 0. The second kappa shape index (κ2) is 8.59. The van der Waals surface area contributed by atoms with Crippen molar-refractivity contribution >= 4 is 0 Å². The number of rotatable bonds is 8. The fourth-order valence-electron chi connectivity index (χ4n) is 2.45. The standard InChI is InChI=1S/C20H27NO2/c1-15(2)9-11-18(21)17-10-12-19(22-3)20(13-17)23-14-16-7-5-4-6-8-16/h4-8,10,12-13,15,18H,9,11,14,21H2,1-3H3/t18-/m1/s1. The number of hydrogen-bond acceptors (Lipinski definition) is 3. The molecule has 0 aliphatic carbocycles. The normalized spacial score (nSPS) is 12.2. The van der Waals surface area contributed by atoms with Crippen molar-refractivity contribution in [2.24, 2.45) is 11.7 Å². The van der Waals surface area contributed by atoms with Gasteiger partial charge in [0.1, 0.15) is 6.61 Å². The van der Waals surface area contributed by atoms with E-state index in [1.807, 2.05) is 48.5 Å². The van der Waals surface area contributed by atoms with Gasteiger partial charge in [0.25, 0.3) is 0 Å². The van der Waals surface area contributed by atoms with Crippen LogP contribution in [0.25, 0.3) is 0 Å². The molecule has 0 spiro atoms. The maximum atomic E-state index is 6.31. The lowest BCUT2D eigenvalue weighted by atomic mass is 9.98. The second-order valence-electron chi connectivity index (χ2n) is 6.26. The highest BCUT2D eigenvalue weighted by molar-refractivity contribution is 5.44. The molecule has 23 heavy (non-hydrogen) atoms. The van der Waals surface area contributed by atoms with Crippen molar-refractivity contribution in [1.82, 2.24) is 0 Å². The molecule has 3 nitrogen and oxygen atoms in total. The Kier molecular flexibility index (Phi) is 6.48. The molecule has 0 aliphatic heterocycles. The lowest BCUT2D eigenvalue weighted by Gasteiger charge is -2.17. The third kappa shape index (κ3) is 5.29. The Hall–Kier alpha value is -2.00. The zero-order valence-corrected chi connectivity index (χ0v) is 14.3. The first-order chi connectivity index (χ1) is 11.1. The molecule has 0 aliphatic rings. The molecule has 0 heterocycles. The molecule has 3 heteroatoms. The molecule has 0 aromatic heterocycles. The van der Waals surface area contributed by atoms with E-state index >= 15 is 0 Å². The minimum atomic E-state index is 0.0300. The highest BCUT2D eigenvalue weighted by atomic mass is 16.5. The lowest BCUT2D eigenvalue weighted by Crippen LogP contribution is -2.11. The first-order valence-electron chi connectivity index (χ1n) is 8.20. The molecule has 2 N–H and O–H groups in total. The minimum absolute atomic E-state index is 0.0300. The quantitative estimate of drug-likeness (QED) is 0.767. The van der Waals surface area contributed by atoms with Crippen LogP contribution in [0.4, 0.5) is 0 Å².